The second kappa shape index (κ2) is 5.11. The summed E-state index contributed by atoms with van der Waals surface area (Å²) in [5.41, 5.74) is -0.964. The molecule has 0 aromatic heterocycles. The van der Waals surface area contributed by atoms with Crippen LogP contribution in [0.3, 0.4) is 0 Å². The maximum Gasteiger partial charge on any atom is 0.201 e. The van der Waals surface area contributed by atoms with E-state index in [9.17, 15) is 15.3 Å². The van der Waals surface area contributed by atoms with Crippen LogP contribution >= 0.6 is 0 Å². The number of rotatable bonds is 0. The van der Waals surface area contributed by atoms with Crippen LogP contribution in [0.2, 0.25) is 0 Å². The molecule has 0 aromatic carbocycles. The van der Waals surface area contributed by atoms with Crippen LogP contribution in [0.1, 0.15) is 53.4 Å². The van der Waals surface area contributed by atoms with E-state index in [-0.39, 0.29) is 35.4 Å². The monoisotopic (exact) mass is 406 g/mol. The molecule has 0 aromatic rings. The Balaban J connectivity index is 1.67. The number of hydrogen-bond acceptors (Lipinski definition) is 6. The highest BCUT2D eigenvalue weighted by molar-refractivity contribution is 5.36. The summed E-state index contributed by atoms with van der Waals surface area (Å²) in [6.07, 6.45) is 0.753. The zero-order chi connectivity index (χ0) is 20.8. The second-order valence-electron chi connectivity index (χ2n) is 11.8. The average Bonchev–Trinajstić information content (AvgIpc) is 2.75. The molecule has 162 valence electrons. The van der Waals surface area contributed by atoms with Crippen LogP contribution in [-0.4, -0.2) is 57.9 Å². The second-order valence-corrected chi connectivity index (χ2v) is 11.8. The van der Waals surface area contributed by atoms with Crippen LogP contribution in [0, 0.1) is 34.0 Å². The lowest BCUT2D eigenvalue weighted by molar-refractivity contribution is -0.468. The van der Waals surface area contributed by atoms with Crippen molar-refractivity contribution >= 4 is 0 Å². The van der Waals surface area contributed by atoms with E-state index >= 15 is 0 Å². The van der Waals surface area contributed by atoms with Crippen molar-refractivity contribution in [2.45, 2.75) is 89.4 Å². The fraction of sp³-hybridized carbons (Fsp3) is 0.913. The minimum Gasteiger partial charge on any atom is -0.388 e. The first-order valence-corrected chi connectivity index (χ1v) is 11.2. The predicted octanol–water partition coefficient (Wildman–Crippen LogP) is 1.97. The molecule has 4 bridgehead atoms. The van der Waals surface area contributed by atoms with Gasteiger partial charge in [0, 0.05) is 17.3 Å². The van der Waals surface area contributed by atoms with Gasteiger partial charge in [0.2, 0.25) is 5.79 Å². The van der Waals surface area contributed by atoms with Crippen LogP contribution in [0.15, 0.2) is 12.2 Å². The van der Waals surface area contributed by atoms with Crippen LogP contribution in [0.5, 0.6) is 0 Å². The van der Waals surface area contributed by atoms with Gasteiger partial charge in [-0.3, -0.25) is 0 Å². The minimum absolute atomic E-state index is 0.0456. The summed E-state index contributed by atoms with van der Waals surface area (Å²) in [6.45, 7) is 12.8. The van der Waals surface area contributed by atoms with Crippen molar-refractivity contribution in [2.75, 3.05) is 6.61 Å². The molecule has 7 aliphatic rings. The van der Waals surface area contributed by atoms with Crippen molar-refractivity contribution in [3.8, 4) is 0 Å². The molecule has 0 amide bonds. The Kier molecular flexibility index (Phi) is 3.38. The number of aliphatic hydroxyl groups is 3. The Hall–Kier alpha value is -0.500. The van der Waals surface area contributed by atoms with Gasteiger partial charge in [-0.15, -0.1) is 0 Å². The third kappa shape index (κ3) is 1.84. The highest BCUT2D eigenvalue weighted by atomic mass is 16.7. The molecule has 6 nitrogen and oxygen atoms in total. The van der Waals surface area contributed by atoms with E-state index < -0.39 is 34.6 Å². The fourth-order valence-corrected chi connectivity index (χ4v) is 9.09. The van der Waals surface area contributed by atoms with E-state index in [4.69, 9.17) is 14.2 Å². The summed E-state index contributed by atoms with van der Waals surface area (Å²) in [6, 6.07) is 0. The van der Waals surface area contributed by atoms with E-state index in [2.05, 4.69) is 20.4 Å². The lowest BCUT2D eigenvalue weighted by atomic mass is 9.35. The van der Waals surface area contributed by atoms with Gasteiger partial charge >= 0.3 is 0 Å². The minimum atomic E-state index is -1.81. The van der Waals surface area contributed by atoms with Gasteiger partial charge in [-0.05, 0) is 56.4 Å². The van der Waals surface area contributed by atoms with Crippen molar-refractivity contribution in [1.29, 1.82) is 0 Å². The van der Waals surface area contributed by atoms with Crippen molar-refractivity contribution in [1.82, 2.24) is 0 Å². The first-order valence-electron chi connectivity index (χ1n) is 11.2. The summed E-state index contributed by atoms with van der Waals surface area (Å²) >= 11 is 0. The Labute approximate surface area is 172 Å². The van der Waals surface area contributed by atoms with Gasteiger partial charge in [-0.25, -0.2) is 0 Å². The number of fused-ring (bicyclic) bond motifs is 2. The average molecular weight is 407 g/mol. The molecule has 4 aliphatic carbocycles. The standard InChI is InChI=1S/C23H34O6/c1-11-12-8-13-15-21-10-27-23(26,22(15,9-12)17(11)24)18(25)16(21)19(2,3)7-6-14(21)29-20(4,5)28-13/h12-18,24-26H,1,6-10H2,2-5H3/t12-,13+,14+,15+,16-,17-,18+,21+,22+,23-/m1/s1. The van der Waals surface area contributed by atoms with Gasteiger partial charge in [0.1, 0.15) is 6.10 Å². The third-order valence-corrected chi connectivity index (χ3v) is 9.83. The normalized spacial score (nSPS) is 61.2. The smallest absolute Gasteiger partial charge is 0.201 e. The maximum atomic E-state index is 12.0. The maximum absolute atomic E-state index is 12.0. The summed E-state index contributed by atoms with van der Waals surface area (Å²) in [7, 11) is 0. The van der Waals surface area contributed by atoms with Gasteiger partial charge in [-0.2, -0.15) is 0 Å². The SMILES string of the molecule is C=C1[C@@H]2C[C@@H]3OC(C)(C)O[C@H]4CCC(C)(C)[C@H]5[C@H](O)[C@@]6(O)OC[C@@]45[C@H]3[C@@]6(C2)[C@@H]1O. The van der Waals surface area contributed by atoms with Crippen LogP contribution in [0.25, 0.3) is 0 Å². The number of hydrogen-bond donors (Lipinski definition) is 3. The summed E-state index contributed by atoms with van der Waals surface area (Å²) in [5, 5.41) is 35.2. The van der Waals surface area contributed by atoms with Gasteiger partial charge in [0.05, 0.1) is 30.3 Å². The summed E-state index contributed by atoms with van der Waals surface area (Å²) in [4.78, 5) is 0. The molecule has 4 saturated carbocycles. The van der Waals surface area contributed by atoms with Gasteiger partial charge < -0.3 is 29.5 Å². The summed E-state index contributed by atoms with van der Waals surface area (Å²) < 4.78 is 19.4. The molecule has 0 unspecified atom stereocenters. The van der Waals surface area contributed by atoms with Crippen molar-refractivity contribution in [3.05, 3.63) is 12.2 Å². The van der Waals surface area contributed by atoms with Crippen molar-refractivity contribution < 1.29 is 29.5 Å². The van der Waals surface area contributed by atoms with E-state index in [1.54, 1.807) is 0 Å². The summed E-state index contributed by atoms with van der Waals surface area (Å²) in [5.74, 6) is -2.88. The molecule has 3 aliphatic heterocycles. The first kappa shape index (κ1) is 19.2. The van der Waals surface area contributed by atoms with Crippen molar-refractivity contribution in [2.24, 2.45) is 34.0 Å². The van der Waals surface area contributed by atoms with E-state index in [0.717, 1.165) is 24.8 Å². The third-order valence-electron chi connectivity index (χ3n) is 9.83. The molecular weight excluding hydrogens is 372 g/mol. The van der Waals surface area contributed by atoms with Crippen LogP contribution in [0.4, 0.5) is 0 Å². The number of aliphatic hydroxyl groups excluding tert-OH is 2. The van der Waals surface area contributed by atoms with Crippen LogP contribution < -0.4 is 0 Å². The molecule has 3 saturated heterocycles. The topological polar surface area (TPSA) is 88.4 Å². The molecule has 2 spiro atoms. The predicted molar refractivity (Wildman–Crippen MR) is 103 cm³/mol. The van der Waals surface area contributed by atoms with E-state index in [1.807, 2.05) is 13.8 Å². The molecule has 3 N–H and O–H groups in total. The Morgan fingerprint density at radius 1 is 1.07 bits per heavy atom. The Morgan fingerprint density at radius 3 is 2.52 bits per heavy atom. The molecule has 7 rings (SSSR count). The van der Waals surface area contributed by atoms with Gasteiger partial charge in [-0.1, -0.05) is 20.4 Å². The van der Waals surface area contributed by atoms with Crippen molar-refractivity contribution in [3.63, 3.8) is 0 Å². The molecular formula is C23H34O6. The molecule has 29 heavy (non-hydrogen) atoms. The lowest BCUT2D eigenvalue weighted by Gasteiger charge is -2.75. The highest BCUT2D eigenvalue weighted by Crippen LogP contribution is 2.78. The lowest BCUT2D eigenvalue weighted by Crippen LogP contribution is -2.85. The molecule has 7 fully saturated rings. The quantitative estimate of drug-likeness (QED) is 0.533. The fourth-order valence-electron chi connectivity index (χ4n) is 9.09. The largest absolute Gasteiger partial charge is 0.388 e. The molecule has 6 heteroatoms. The van der Waals surface area contributed by atoms with Gasteiger partial charge in [0.25, 0.3) is 0 Å². The first-order chi connectivity index (χ1) is 13.4. The van der Waals surface area contributed by atoms with Crippen LogP contribution in [-0.2, 0) is 14.2 Å². The Bertz CT molecular complexity index is 792. The highest BCUT2D eigenvalue weighted by Gasteiger charge is 2.86. The Morgan fingerprint density at radius 2 is 1.79 bits per heavy atom. The molecule has 0 radical (unpaired) electrons. The number of ether oxygens (including phenoxy) is 3. The van der Waals surface area contributed by atoms with E-state index in [0.29, 0.717) is 13.0 Å². The zero-order valence-electron chi connectivity index (χ0n) is 17.9. The zero-order valence-corrected chi connectivity index (χ0v) is 17.9. The molecule has 3 heterocycles. The van der Waals surface area contributed by atoms with Gasteiger partial charge in [0.15, 0.2) is 5.79 Å². The molecule has 10 atom stereocenters. The van der Waals surface area contributed by atoms with E-state index in [1.165, 1.54) is 0 Å².